The molecule has 1 amide bonds. The van der Waals surface area contributed by atoms with Crippen molar-refractivity contribution >= 4 is 5.91 Å². The molecule has 0 atom stereocenters. The fourth-order valence-corrected chi connectivity index (χ4v) is 2.01. The van der Waals surface area contributed by atoms with Gasteiger partial charge in [-0.3, -0.25) is 4.79 Å². The molecule has 1 aliphatic rings. The van der Waals surface area contributed by atoms with Gasteiger partial charge in [-0.05, 0) is 24.6 Å². The van der Waals surface area contributed by atoms with Crippen molar-refractivity contribution in [2.24, 2.45) is 5.92 Å². The molecule has 1 aliphatic heterocycles. The Balaban J connectivity index is 1.87. The molecule has 1 heterocycles. The minimum atomic E-state index is -0.0627. The first kappa shape index (κ1) is 13.7. The summed E-state index contributed by atoms with van der Waals surface area (Å²) < 4.78 is 10.7. The van der Waals surface area contributed by atoms with Crippen molar-refractivity contribution in [1.29, 1.82) is 0 Å². The van der Waals surface area contributed by atoms with Gasteiger partial charge in [-0.15, -0.1) is 0 Å². The molecule has 0 aliphatic carbocycles. The molecule has 2 rings (SSSR count). The number of nitrogens with zero attached hydrogens (tertiary/aromatic N) is 1. The zero-order valence-corrected chi connectivity index (χ0v) is 11.3. The lowest BCUT2D eigenvalue weighted by Gasteiger charge is -2.38. The largest absolute Gasteiger partial charge is 0.493 e. The first-order valence-corrected chi connectivity index (χ1v) is 6.30. The number of benzene rings is 1. The molecule has 0 radical (unpaired) electrons. The van der Waals surface area contributed by atoms with Crippen molar-refractivity contribution in [3.05, 3.63) is 23.8 Å². The Morgan fingerprint density at radius 3 is 2.79 bits per heavy atom. The number of aliphatic hydroxyl groups excluding tert-OH is 1. The Bertz CT molecular complexity index is 455. The monoisotopic (exact) mass is 265 g/mol. The number of carbonyl (C=O) groups is 1. The van der Waals surface area contributed by atoms with Gasteiger partial charge in [-0.1, -0.05) is 6.07 Å². The van der Waals surface area contributed by atoms with Crippen LogP contribution in [-0.2, 0) is 4.79 Å². The van der Waals surface area contributed by atoms with E-state index >= 15 is 0 Å². The predicted octanol–water partition coefficient (Wildman–Crippen LogP) is 0.833. The minimum absolute atomic E-state index is 0.00241. The normalized spacial score (nSPS) is 15.0. The van der Waals surface area contributed by atoms with Crippen molar-refractivity contribution in [1.82, 2.24) is 4.90 Å². The van der Waals surface area contributed by atoms with Crippen LogP contribution in [-0.4, -0.2) is 49.3 Å². The highest BCUT2D eigenvalue weighted by Crippen LogP contribution is 2.27. The molecule has 0 aromatic heterocycles. The SMILES string of the molecule is COc1cc(C)ccc1OCC(=O)N1CC(CO)C1. The summed E-state index contributed by atoms with van der Waals surface area (Å²) in [5, 5.41) is 8.90. The van der Waals surface area contributed by atoms with Gasteiger partial charge in [0.2, 0.25) is 0 Å². The van der Waals surface area contributed by atoms with E-state index in [1.807, 2.05) is 19.1 Å². The fraction of sp³-hybridized carbons (Fsp3) is 0.500. The third-order valence-corrected chi connectivity index (χ3v) is 3.24. The number of hydrogen-bond donors (Lipinski definition) is 1. The molecule has 1 saturated heterocycles. The molecule has 0 bridgehead atoms. The second-order valence-corrected chi connectivity index (χ2v) is 4.79. The number of hydrogen-bond acceptors (Lipinski definition) is 4. The van der Waals surface area contributed by atoms with E-state index in [1.165, 1.54) is 0 Å². The topological polar surface area (TPSA) is 59.0 Å². The maximum Gasteiger partial charge on any atom is 0.260 e. The number of likely N-dealkylation sites (tertiary alicyclic amines) is 1. The maximum absolute atomic E-state index is 11.8. The molecular formula is C14H19NO4. The highest BCUT2D eigenvalue weighted by atomic mass is 16.5. The first-order chi connectivity index (χ1) is 9.13. The van der Waals surface area contributed by atoms with Crippen LogP contribution in [0, 0.1) is 12.8 Å². The van der Waals surface area contributed by atoms with E-state index in [9.17, 15) is 4.79 Å². The van der Waals surface area contributed by atoms with Gasteiger partial charge in [0.05, 0.1) is 7.11 Å². The maximum atomic E-state index is 11.8. The summed E-state index contributed by atoms with van der Waals surface area (Å²) in [4.78, 5) is 13.5. The number of rotatable bonds is 5. The van der Waals surface area contributed by atoms with Gasteiger partial charge in [0.15, 0.2) is 18.1 Å². The lowest BCUT2D eigenvalue weighted by molar-refractivity contribution is -0.140. The van der Waals surface area contributed by atoms with Crippen LogP contribution in [0.15, 0.2) is 18.2 Å². The van der Waals surface area contributed by atoms with Gasteiger partial charge >= 0.3 is 0 Å². The molecule has 1 aromatic rings. The van der Waals surface area contributed by atoms with Gasteiger partial charge in [0.25, 0.3) is 5.91 Å². The molecule has 1 N–H and O–H groups in total. The van der Waals surface area contributed by atoms with E-state index in [0.29, 0.717) is 24.6 Å². The lowest BCUT2D eigenvalue weighted by Crippen LogP contribution is -2.52. The van der Waals surface area contributed by atoms with Gasteiger partial charge in [0.1, 0.15) is 0 Å². The molecule has 19 heavy (non-hydrogen) atoms. The fourth-order valence-electron chi connectivity index (χ4n) is 2.01. The molecule has 5 nitrogen and oxygen atoms in total. The predicted molar refractivity (Wildman–Crippen MR) is 70.4 cm³/mol. The smallest absolute Gasteiger partial charge is 0.260 e. The quantitative estimate of drug-likeness (QED) is 0.857. The van der Waals surface area contributed by atoms with E-state index in [0.717, 1.165) is 5.56 Å². The Morgan fingerprint density at radius 1 is 1.42 bits per heavy atom. The molecule has 5 heteroatoms. The summed E-state index contributed by atoms with van der Waals surface area (Å²) in [5.41, 5.74) is 1.07. The van der Waals surface area contributed by atoms with Gasteiger partial charge in [-0.25, -0.2) is 0 Å². The van der Waals surface area contributed by atoms with Crippen LogP contribution in [0.3, 0.4) is 0 Å². The number of aryl methyl sites for hydroxylation is 1. The number of aliphatic hydroxyl groups is 1. The Morgan fingerprint density at radius 2 is 2.16 bits per heavy atom. The first-order valence-electron chi connectivity index (χ1n) is 6.30. The van der Waals surface area contributed by atoms with Gasteiger partial charge in [0, 0.05) is 25.6 Å². The zero-order chi connectivity index (χ0) is 13.8. The van der Waals surface area contributed by atoms with Crippen LogP contribution < -0.4 is 9.47 Å². The van der Waals surface area contributed by atoms with Crippen LogP contribution in [0.2, 0.25) is 0 Å². The van der Waals surface area contributed by atoms with Gasteiger partial charge < -0.3 is 19.5 Å². The Hall–Kier alpha value is -1.75. The van der Waals surface area contributed by atoms with Crippen molar-refractivity contribution in [3.8, 4) is 11.5 Å². The summed E-state index contributed by atoms with van der Waals surface area (Å²) in [6.07, 6.45) is 0. The molecule has 104 valence electrons. The average molecular weight is 265 g/mol. The van der Waals surface area contributed by atoms with Crippen molar-refractivity contribution in [2.45, 2.75) is 6.92 Å². The van der Waals surface area contributed by atoms with E-state index < -0.39 is 0 Å². The highest BCUT2D eigenvalue weighted by Gasteiger charge is 2.30. The van der Waals surface area contributed by atoms with Crippen LogP contribution in [0.1, 0.15) is 5.56 Å². The summed E-state index contributed by atoms with van der Waals surface area (Å²) >= 11 is 0. The van der Waals surface area contributed by atoms with E-state index in [1.54, 1.807) is 18.1 Å². The van der Waals surface area contributed by atoms with Crippen LogP contribution in [0.5, 0.6) is 11.5 Å². The lowest BCUT2D eigenvalue weighted by atomic mass is 10.0. The van der Waals surface area contributed by atoms with E-state index in [2.05, 4.69) is 0 Å². The van der Waals surface area contributed by atoms with Crippen molar-refractivity contribution in [2.75, 3.05) is 33.4 Å². The summed E-state index contributed by atoms with van der Waals surface area (Å²) in [7, 11) is 1.57. The molecule has 0 unspecified atom stereocenters. The Kier molecular flexibility index (Phi) is 4.27. The van der Waals surface area contributed by atoms with Crippen LogP contribution in [0.25, 0.3) is 0 Å². The van der Waals surface area contributed by atoms with Gasteiger partial charge in [-0.2, -0.15) is 0 Å². The molecule has 0 spiro atoms. The zero-order valence-electron chi connectivity index (χ0n) is 11.3. The molecule has 1 fully saturated rings. The number of amides is 1. The third kappa shape index (κ3) is 3.17. The van der Waals surface area contributed by atoms with Crippen molar-refractivity contribution in [3.63, 3.8) is 0 Å². The average Bonchev–Trinajstić information content (AvgIpc) is 2.35. The summed E-state index contributed by atoms with van der Waals surface area (Å²) in [6, 6.07) is 5.58. The second-order valence-electron chi connectivity index (χ2n) is 4.79. The van der Waals surface area contributed by atoms with Crippen molar-refractivity contribution < 1.29 is 19.4 Å². The van der Waals surface area contributed by atoms with Crippen LogP contribution in [0.4, 0.5) is 0 Å². The summed E-state index contributed by atoms with van der Waals surface area (Å²) in [6.45, 7) is 3.33. The third-order valence-electron chi connectivity index (χ3n) is 3.24. The summed E-state index contributed by atoms with van der Waals surface area (Å²) in [5.74, 6) is 1.36. The highest BCUT2D eigenvalue weighted by molar-refractivity contribution is 5.78. The second kappa shape index (κ2) is 5.93. The van der Waals surface area contributed by atoms with E-state index in [4.69, 9.17) is 14.6 Å². The minimum Gasteiger partial charge on any atom is -0.493 e. The molecule has 0 saturated carbocycles. The number of ether oxygens (including phenoxy) is 2. The number of carbonyl (C=O) groups excluding carboxylic acids is 1. The van der Waals surface area contributed by atoms with E-state index in [-0.39, 0.29) is 25.0 Å². The Labute approximate surface area is 112 Å². The number of methoxy groups -OCH3 is 1. The standard InChI is InChI=1S/C14H19NO4/c1-10-3-4-12(13(5-10)18-2)19-9-14(17)15-6-11(7-15)8-16/h3-5,11,16H,6-9H2,1-2H3. The molecular weight excluding hydrogens is 246 g/mol. The van der Waals surface area contributed by atoms with Crippen LogP contribution >= 0.6 is 0 Å². The molecule has 1 aromatic carbocycles.